The molecule has 0 aromatic heterocycles. The molecule has 0 amide bonds. The first-order chi connectivity index (χ1) is 9.56. The van der Waals surface area contributed by atoms with Crippen LogP contribution in [0.4, 0.5) is 20.2 Å². The van der Waals surface area contributed by atoms with Gasteiger partial charge in [0.25, 0.3) is 0 Å². The van der Waals surface area contributed by atoms with Gasteiger partial charge in [0.05, 0.1) is 7.11 Å². The van der Waals surface area contributed by atoms with Crippen molar-refractivity contribution in [3.8, 4) is 5.75 Å². The molecule has 0 aliphatic heterocycles. The van der Waals surface area contributed by atoms with Crippen LogP contribution in [-0.2, 0) is 6.42 Å². The smallest absolute Gasteiger partial charge is 0.126 e. The molecule has 0 atom stereocenters. The van der Waals surface area contributed by atoms with Crippen LogP contribution in [0, 0.1) is 11.6 Å². The van der Waals surface area contributed by atoms with E-state index >= 15 is 0 Å². The number of nitrogen functional groups attached to an aromatic ring is 1. The summed E-state index contributed by atoms with van der Waals surface area (Å²) in [6, 6.07) is 8.80. The lowest BCUT2D eigenvalue weighted by Crippen LogP contribution is -2.06. The highest BCUT2D eigenvalue weighted by atomic mass is 19.1. The minimum absolute atomic E-state index is 0.506. The summed E-state index contributed by atoms with van der Waals surface area (Å²) in [5.41, 5.74) is 7.73. The van der Waals surface area contributed by atoms with Crippen molar-refractivity contribution in [1.82, 2.24) is 0 Å². The molecule has 0 spiro atoms. The van der Waals surface area contributed by atoms with Crippen LogP contribution in [0.1, 0.15) is 5.56 Å². The summed E-state index contributed by atoms with van der Waals surface area (Å²) in [5, 5.41) is 3.14. The number of hydrogen-bond acceptors (Lipinski definition) is 3. The molecule has 3 nitrogen and oxygen atoms in total. The molecule has 2 aromatic carbocycles. The Kier molecular flexibility index (Phi) is 4.40. The highest BCUT2D eigenvalue weighted by Crippen LogP contribution is 2.22. The first-order valence-electron chi connectivity index (χ1n) is 6.20. The molecule has 0 saturated heterocycles. The van der Waals surface area contributed by atoms with E-state index in [-0.39, 0.29) is 0 Å². The Balaban J connectivity index is 1.97. The summed E-state index contributed by atoms with van der Waals surface area (Å²) < 4.78 is 31.2. The van der Waals surface area contributed by atoms with Crippen LogP contribution in [0.5, 0.6) is 5.75 Å². The predicted octanol–water partition coefficient (Wildman–Crippen LogP) is 3.21. The van der Waals surface area contributed by atoms with Gasteiger partial charge in [0.15, 0.2) is 0 Å². The zero-order valence-electron chi connectivity index (χ0n) is 11.1. The highest BCUT2D eigenvalue weighted by molar-refractivity contribution is 5.59. The molecular weight excluding hydrogens is 262 g/mol. The van der Waals surface area contributed by atoms with E-state index in [0.717, 1.165) is 11.8 Å². The molecule has 0 saturated carbocycles. The fraction of sp³-hybridized carbons (Fsp3) is 0.200. The van der Waals surface area contributed by atoms with Gasteiger partial charge in [-0.15, -0.1) is 0 Å². The molecule has 0 bridgehead atoms. The molecule has 0 fully saturated rings. The Morgan fingerprint density at radius 2 is 1.75 bits per heavy atom. The van der Waals surface area contributed by atoms with Crippen LogP contribution >= 0.6 is 0 Å². The maximum Gasteiger partial charge on any atom is 0.126 e. The highest BCUT2D eigenvalue weighted by Gasteiger charge is 2.02. The fourth-order valence-electron chi connectivity index (χ4n) is 1.95. The first-order valence-corrected chi connectivity index (χ1v) is 6.20. The maximum absolute atomic E-state index is 13.0. The molecule has 2 rings (SSSR count). The quantitative estimate of drug-likeness (QED) is 0.826. The van der Waals surface area contributed by atoms with Gasteiger partial charge in [0.1, 0.15) is 17.4 Å². The van der Waals surface area contributed by atoms with Crippen LogP contribution in [0.15, 0.2) is 36.4 Å². The van der Waals surface area contributed by atoms with Gasteiger partial charge in [-0.2, -0.15) is 0 Å². The Morgan fingerprint density at radius 3 is 2.40 bits per heavy atom. The molecule has 106 valence electrons. The van der Waals surface area contributed by atoms with E-state index in [4.69, 9.17) is 10.5 Å². The largest absolute Gasteiger partial charge is 0.497 e. The number of anilines is 2. The second kappa shape index (κ2) is 6.23. The first kappa shape index (κ1) is 14.1. The monoisotopic (exact) mass is 278 g/mol. The van der Waals surface area contributed by atoms with Gasteiger partial charge in [-0.1, -0.05) is 0 Å². The third-order valence-electron chi connectivity index (χ3n) is 2.83. The Labute approximate surface area is 116 Å². The summed E-state index contributed by atoms with van der Waals surface area (Å²) in [6.07, 6.45) is 0.506. The average Bonchev–Trinajstić information content (AvgIpc) is 2.37. The molecule has 0 radical (unpaired) electrons. The lowest BCUT2D eigenvalue weighted by Gasteiger charge is -2.09. The normalized spacial score (nSPS) is 10.3. The number of methoxy groups -OCH3 is 1. The van der Waals surface area contributed by atoms with E-state index in [0.29, 0.717) is 30.0 Å². The zero-order chi connectivity index (χ0) is 14.5. The van der Waals surface area contributed by atoms with Crippen LogP contribution in [0.3, 0.4) is 0 Å². The summed E-state index contributed by atoms with van der Waals surface area (Å²) in [7, 11) is 1.56. The number of ether oxygens (including phenoxy) is 1. The second-order valence-electron chi connectivity index (χ2n) is 4.45. The molecule has 5 heteroatoms. The van der Waals surface area contributed by atoms with Crippen LogP contribution in [-0.4, -0.2) is 13.7 Å². The molecule has 0 unspecified atom stereocenters. The average molecular weight is 278 g/mol. The van der Waals surface area contributed by atoms with Gasteiger partial charge < -0.3 is 15.8 Å². The van der Waals surface area contributed by atoms with Crippen LogP contribution in [0.25, 0.3) is 0 Å². The van der Waals surface area contributed by atoms with E-state index in [1.54, 1.807) is 19.2 Å². The molecule has 20 heavy (non-hydrogen) atoms. The number of nitrogens with one attached hydrogen (secondary N) is 1. The fourth-order valence-corrected chi connectivity index (χ4v) is 1.95. The predicted molar refractivity (Wildman–Crippen MR) is 76.0 cm³/mol. The maximum atomic E-state index is 13.0. The van der Waals surface area contributed by atoms with Crippen molar-refractivity contribution in [3.05, 3.63) is 53.6 Å². The topological polar surface area (TPSA) is 47.3 Å². The van der Waals surface area contributed by atoms with Crippen molar-refractivity contribution in [2.24, 2.45) is 0 Å². The van der Waals surface area contributed by atoms with Crippen molar-refractivity contribution in [2.45, 2.75) is 6.42 Å². The molecule has 0 heterocycles. The van der Waals surface area contributed by atoms with Crippen molar-refractivity contribution in [2.75, 3.05) is 24.7 Å². The van der Waals surface area contributed by atoms with E-state index in [1.165, 1.54) is 12.1 Å². The van der Waals surface area contributed by atoms with Crippen molar-refractivity contribution in [3.63, 3.8) is 0 Å². The van der Waals surface area contributed by atoms with Gasteiger partial charge in [0.2, 0.25) is 0 Å². The van der Waals surface area contributed by atoms with Crippen molar-refractivity contribution >= 4 is 11.4 Å². The molecule has 3 N–H and O–H groups in total. The van der Waals surface area contributed by atoms with Crippen LogP contribution < -0.4 is 15.8 Å². The Bertz CT molecular complexity index is 582. The lowest BCUT2D eigenvalue weighted by molar-refractivity contribution is 0.415. The van der Waals surface area contributed by atoms with Crippen LogP contribution in [0.2, 0.25) is 0 Å². The second-order valence-corrected chi connectivity index (χ2v) is 4.45. The summed E-state index contributed by atoms with van der Waals surface area (Å²) in [6.45, 7) is 0.537. The van der Waals surface area contributed by atoms with Crippen molar-refractivity contribution in [1.29, 1.82) is 0 Å². The van der Waals surface area contributed by atoms with E-state index in [1.807, 2.05) is 6.07 Å². The third-order valence-corrected chi connectivity index (χ3v) is 2.83. The number of rotatable bonds is 5. The van der Waals surface area contributed by atoms with Gasteiger partial charge in [0, 0.05) is 36.1 Å². The van der Waals surface area contributed by atoms with Crippen molar-refractivity contribution < 1.29 is 13.5 Å². The van der Waals surface area contributed by atoms with Gasteiger partial charge in [-0.25, -0.2) is 8.78 Å². The molecule has 2 aromatic rings. The minimum Gasteiger partial charge on any atom is -0.497 e. The SMILES string of the molecule is COc1cc(N)cc(NCCc2cc(F)cc(F)c2)c1. The third kappa shape index (κ3) is 3.85. The van der Waals surface area contributed by atoms with E-state index in [2.05, 4.69) is 5.32 Å². The van der Waals surface area contributed by atoms with E-state index in [9.17, 15) is 8.78 Å². The van der Waals surface area contributed by atoms with Gasteiger partial charge in [-0.3, -0.25) is 0 Å². The molecule has 0 aliphatic rings. The van der Waals surface area contributed by atoms with Gasteiger partial charge in [-0.05, 0) is 30.2 Å². The Hall–Kier alpha value is -2.30. The molecule has 0 aliphatic carbocycles. The lowest BCUT2D eigenvalue weighted by atomic mass is 10.1. The number of nitrogens with two attached hydrogens (primary N) is 1. The Morgan fingerprint density at radius 1 is 1.05 bits per heavy atom. The van der Waals surface area contributed by atoms with Gasteiger partial charge >= 0.3 is 0 Å². The summed E-state index contributed by atoms with van der Waals surface area (Å²) in [5.74, 6) is -0.472. The standard InChI is InChI=1S/C15H16F2N2O/c1-20-15-8-13(18)7-14(9-15)19-3-2-10-4-11(16)6-12(17)5-10/h4-9,19H,2-3,18H2,1H3. The zero-order valence-corrected chi connectivity index (χ0v) is 11.1. The minimum atomic E-state index is -0.564. The van der Waals surface area contributed by atoms with E-state index < -0.39 is 11.6 Å². The molecular formula is C15H16F2N2O. The number of benzene rings is 2. The summed E-state index contributed by atoms with van der Waals surface area (Å²) >= 11 is 0. The number of hydrogen-bond donors (Lipinski definition) is 2. The summed E-state index contributed by atoms with van der Waals surface area (Å²) in [4.78, 5) is 0. The number of halogens is 2.